The topological polar surface area (TPSA) is 154 Å². The fourth-order valence-electron chi connectivity index (χ4n) is 5.10. The van der Waals surface area contributed by atoms with Crippen LogP contribution in [-0.4, -0.2) is 51.8 Å². The summed E-state index contributed by atoms with van der Waals surface area (Å²) in [5.41, 5.74) is 8.34. The van der Waals surface area contributed by atoms with Crippen molar-refractivity contribution in [2.24, 2.45) is 4.99 Å². The summed E-state index contributed by atoms with van der Waals surface area (Å²) >= 11 is 0. The van der Waals surface area contributed by atoms with Crippen molar-refractivity contribution in [3.05, 3.63) is 100 Å². The monoisotopic (exact) mass is 603 g/mol. The lowest BCUT2D eigenvalue weighted by atomic mass is 10.1. The van der Waals surface area contributed by atoms with Crippen LogP contribution in [0.5, 0.6) is 0 Å². The molecule has 1 aliphatic heterocycles. The largest absolute Gasteiger partial charge is 0.383 e. The molecule has 4 N–H and O–H groups in total. The molecule has 5 rings (SSSR count). The number of nitrogen functional groups attached to an aromatic ring is 1. The first-order valence-electron chi connectivity index (χ1n) is 14.5. The van der Waals surface area contributed by atoms with Crippen LogP contribution in [-0.2, 0) is 9.53 Å². The number of ether oxygens (including phenoxy) is 1. The summed E-state index contributed by atoms with van der Waals surface area (Å²) in [7, 11) is 0. The number of anilines is 1. The zero-order valence-electron chi connectivity index (χ0n) is 25.0. The molecule has 2 amide bonds. The molecule has 1 saturated heterocycles. The van der Waals surface area contributed by atoms with Crippen LogP contribution in [0.25, 0.3) is 16.6 Å². The number of hydrogen-bond acceptors (Lipinski definition) is 8. The Balaban J connectivity index is 1.53. The molecule has 0 unspecified atom stereocenters. The second-order valence-electron chi connectivity index (χ2n) is 10.4. The molecule has 0 bridgehead atoms. The number of rotatable bonds is 8. The highest BCUT2D eigenvalue weighted by atomic mass is 16.5. The van der Waals surface area contributed by atoms with Crippen molar-refractivity contribution in [3.63, 3.8) is 0 Å². The fraction of sp³-hybridized carbons (Fsp3) is 0.235. The van der Waals surface area contributed by atoms with E-state index in [1.54, 1.807) is 50.4 Å². The highest BCUT2D eigenvalue weighted by molar-refractivity contribution is 6.04. The van der Waals surface area contributed by atoms with Crippen LogP contribution >= 0.6 is 0 Å². The number of para-hydroxylation sites is 1. The lowest BCUT2D eigenvalue weighted by Gasteiger charge is -2.21. The molecule has 0 aliphatic carbocycles. The Morgan fingerprint density at radius 1 is 1.24 bits per heavy atom. The number of pyridine rings is 1. The summed E-state index contributed by atoms with van der Waals surface area (Å²) in [6.07, 6.45) is 5.61. The van der Waals surface area contributed by atoms with E-state index in [1.165, 1.54) is 16.9 Å². The lowest BCUT2D eigenvalue weighted by molar-refractivity contribution is -0.129. The maximum absolute atomic E-state index is 14.2. The highest BCUT2D eigenvalue weighted by Crippen LogP contribution is 2.28. The molecule has 2 aromatic heterocycles. The first-order chi connectivity index (χ1) is 21.8. The maximum atomic E-state index is 14.2. The summed E-state index contributed by atoms with van der Waals surface area (Å²) in [6.45, 7) is 7.83. The molecule has 11 nitrogen and oxygen atoms in total. The molecular weight excluding hydrogens is 570 g/mol. The van der Waals surface area contributed by atoms with Crippen LogP contribution in [0.1, 0.15) is 53.1 Å². The van der Waals surface area contributed by atoms with Gasteiger partial charge < -0.3 is 21.1 Å². The molecule has 1 aliphatic rings. The molecule has 1 fully saturated rings. The number of aryl methyl sites for hydroxylation is 1. The van der Waals surface area contributed by atoms with Crippen LogP contribution in [0.4, 0.5) is 11.5 Å². The van der Waals surface area contributed by atoms with Gasteiger partial charge in [-0.1, -0.05) is 48.8 Å². The minimum Gasteiger partial charge on any atom is -0.383 e. The number of nitrogens with two attached hydrogens (primary N) is 1. The van der Waals surface area contributed by atoms with Gasteiger partial charge in [0.05, 0.1) is 34.9 Å². The second-order valence-corrected chi connectivity index (χ2v) is 10.4. The summed E-state index contributed by atoms with van der Waals surface area (Å²) < 4.78 is 6.88. The normalized spacial score (nSPS) is 14.9. The molecular formula is C34H33N7O4. The minimum atomic E-state index is -0.742. The van der Waals surface area contributed by atoms with Crippen molar-refractivity contribution >= 4 is 40.4 Å². The van der Waals surface area contributed by atoms with Gasteiger partial charge in [0.25, 0.3) is 11.5 Å². The number of amides is 2. The molecule has 4 aromatic rings. The minimum absolute atomic E-state index is 0.0172. The van der Waals surface area contributed by atoms with E-state index >= 15 is 0 Å². The molecule has 0 saturated carbocycles. The van der Waals surface area contributed by atoms with Crippen LogP contribution in [0.3, 0.4) is 0 Å². The first kappa shape index (κ1) is 30.8. The number of carbonyl (C=O) groups is 2. The summed E-state index contributed by atoms with van der Waals surface area (Å²) in [4.78, 5) is 53.4. The third-order valence-electron chi connectivity index (χ3n) is 7.27. The van der Waals surface area contributed by atoms with Crippen molar-refractivity contribution < 1.29 is 14.3 Å². The van der Waals surface area contributed by atoms with E-state index in [4.69, 9.17) is 15.5 Å². The predicted molar refractivity (Wildman–Crippen MR) is 174 cm³/mol. The van der Waals surface area contributed by atoms with E-state index in [1.807, 2.05) is 18.2 Å². The van der Waals surface area contributed by atoms with Gasteiger partial charge in [-0.2, -0.15) is 0 Å². The van der Waals surface area contributed by atoms with E-state index in [2.05, 4.69) is 39.0 Å². The van der Waals surface area contributed by atoms with Gasteiger partial charge >= 0.3 is 0 Å². The third-order valence-corrected chi connectivity index (χ3v) is 7.27. The molecule has 2 aromatic carbocycles. The Labute approximate surface area is 260 Å². The van der Waals surface area contributed by atoms with Gasteiger partial charge in [-0.15, -0.1) is 0 Å². The van der Waals surface area contributed by atoms with E-state index in [9.17, 15) is 14.4 Å². The summed E-state index contributed by atoms with van der Waals surface area (Å²) in [5.74, 6) is 5.56. The Bertz CT molecular complexity index is 1920. The average molecular weight is 604 g/mol. The SMILES string of the molecule is C=C/C=N\c1c(C)cnc(N)c1C(=O)N[C@H](C)c1nc2cccc(C#CCNC(=O)[C@H]3CCCO3)c2c(=O)n1-c1ccccc1. The molecule has 11 heteroatoms. The smallest absolute Gasteiger partial charge is 0.267 e. The number of benzene rings is 2. The number of hydrogen-bond donors (Lipinski definition) is 3. The Morgan fingerprint density at radius 2 is 2.04 bits per heavy atom. The number of nitrogens with zero attached hydrogens (tertiary/aromatic N) is 4. The quantitative estimate of drug-likeness (QED) is 0.205. The molecule has 0 radical (unpaired) electrons. The number of carbonyl (C=O) groups excluding carboxylic acids is 2. The van der Waals surface area contributed by atoms with Gasteiger partial charge in [0.15, 0.2) is 0 Å². The van der Waals surface area contributed by atoms with Gasteiger partial charge in [0, 0.05) is 24.6 Å². The molecule has 3 heterocycles. The number of fused-ring (bicyclic) bond motifs is 1. The lowest BCUT2D eigenvalue weighted by Crippen LogP contribution is -2.34. The van der Waals surface area contributed by atoms with Gasteiger partial charge in [0.2, 0.25) is 5.91 Å². The first-order valence-corrected chi connectivity index (χ1v) is 14.5. The molecule has 45 heavy (non-hydrogen) atoms. The van der Waals surface area contributed by atoms with Crippen molar-refractivity contribution in [1.29, 1.82) is 0 Å². The van der Waals surface area contributed by atoms with Gasteiger partial charge in [-0.3, -0.25) is 23.9 Å². The van der Waals surface area contributed by atoms with Crippen LogP contribution in [0.15, 0.2) is 77.2 Å². The third kappa shape index (κ3) is 6.66. The number of aromatic nitrogens is 3. The standard InChI is InChI=1S/C34H33N7O4/c1-4-17-36-29-21(2)20-38-30(35)28(29)33(43)39-22(3)31-40-25-15-8-11-23(12-9-18-37-32(42)26-16-10-19-45-26)27(25)34(44)41(31)24-13-6-5-7-14-24/h4-8,11,13-15,17,20,22,26H,1,10,16,18-19H2,2-3H3,(H2,35,38)(H,37,42)(H,39,43)/b36-17-/t22-,26-/m1/s1. The zero-order chi connectivity index (χ0) is 31.9. The van der Waals surface area contributed by atoms with Crippen molar-refractivity contribution in [1.82, 2.24) is 25.2 Å². The molecule has 2 atom stereocenters. The fourth-order valence-corrected chi connectivity index (χ4v) is 5.10. The van der Waals surface area contributed by atoms with Gasteiger partial charge in [0.1, 0.15) is 23.3 Å². The van der Waals surface area contributed by atoms with Crippen molar-refractivity contribution in [2.45, 2.75) is 38.8 Å². The van der Waals surface area contributed by atoms with Gasteiger partial charge in [-0.05, 0) is 56.5 Å². The zero-order valence-corrected chi connectivity index (χ0v) is 25.0. The molecule has 228 valence electrons. The van der Waals surface area contributed by atoms with Crippen molar-refractivity contribution in [2.75, 3.05) is 18.9 Å². The van der Waals surface area contributed by atoms with Crippen LogP contribution < -0.4 is 21.9 Å². The Hall–Kier alpha value is -5.60. The van der Waals surface area contributed by atoms with Crippen LogP contribution in [0, 0.1) is 18.8 Å². The maximum Gasteiger partial charge on any atom is 0.267 e. The number of allylic oxidation sites excluding steroid dienone is 1. The van der Waals surface area contributed by atoms with E-state index < -0.39 is 18.1 Å². The van der Waals surface area contributed by atoms with E-state index in [0.717, 1.165) is 6.42 Å². The van der Waals surface area contributed by atoms with Crippen LogP contribution in [0.2, 0.25) is 0 Å². The number of aliphatic imine (C=N–C) groups is 1. The average Bonchev–Trinajstić information content (AvgIpc) is 3.59. The van der Waals surface area contributed by atoms with E-state index in [-0.39, 0.29) is 29.4 Å². The second kappa shape index (κ2) is 13.8. The summed E-state index contributed by atoms with van der Waals surface area (Å²) in [6, 6.07) is 13.5. The number of nitrogens with one attached hydrogen (secondary N) is 2. The Kier molecular flexibility index (Phi) is 9.46. The predicted octanol–water partition coefficient (Wildman–Crippen LogP) is 3.70. The highest BCUT2D eigenvalue weighted by Gasteiger charge is 2.25. The van der Waals surface area contributed by atoms with Gasteiger partial charge in [-0.25, -0.2) is 9.97 Å². The van der Waals surface area contributed by atoms with Crippen molar-refractivity contribution in [3.8, 4) is 17.5 Å². The van der Waals surface area contributed by atoms with E-state index in [0.29, 0.717) is 52.3 Å². The summed E-state index contributed by atoms with van der Waals surface area (Å²) in [5, 5.41) is 6.01. The Morgan fingerprint density at radius 3 is 2.78 bits per heavy atom. The molecule has 0 spiro atoms.